The van der Waals surface area contributed by atoms with E-state index in [0.717, 1.165) is 11.3 Å². The zero-order chi connectivity index (χ0) is 16.0. The fraction of sp³-hybridized carbons (Fsp3) is 0.278. The number of carbonyl (C=O) groups is 1. The summed E-state index contributed by atoms with van der Waals surface area (Å²) < 4.78 is 11.1. The summed E-state index contributed by atoms with van der Waals surface area (Å²) in [6.07, 6.45) is 0. The molecule has 0 radical (unpaired) electrons. The van der Waals surface area contributed by atoms with E-state index in [9.17, 15) is 4.79 Å². The lowest BCUT2D eigenvalue weighted by atomic mass is 9.88. The van der Waals surface area contributed by atoms with E-state index in [1.54, 1.807) is 4.90 Å². The van der Waals surface area contributed by atoms with Gasteiger partial charge >= 0.3 is 0 Å². The van der Waals surface area contributed by atoms with Crippen molar-refractivity contribution < 1.29 is 14.3 Å². The van der Waals surface area contributed by atoms with E-state index >= 15 is 0 Å². The number of ether oxygens (including phenoxy) is 2. The van der Waals surface area contributed by atoms with E-state index in [1.165, 1.54) is 5.56 Å². The Morgan fingerprint density at radius 2 is 1.74 bits per heavy atom. The number of nitrogens with two attached hydrogens (primary N) is 1. The number of carbonyl (C=O) groups excluding carboxylic acids is 1. The average Bonchev–Trinajstić information content (AvgIpc) is 2.59. The predicted octanol–water partition coefficient (Wildman–Crippen LogP) is 2.18. The quantitative estimate of drug-likeness (QED) is 0.864. The van der Waals surface area contributed by atoms with E-state index in [2.05, 4.69) is 0 Å². The van der Waals surface area contributed by atoms with Crippen LogP contribution in [0, 0.1) is 6.92 Å². The molecule has 2 aromatic rings. The van der Waals surface area contributed by atoms with Gasteiger partial charge in [0.1, 0.15) is 19.3 Å². The van der Waals surface area contributed by atoms with Crippen molar-refractivity contribution >= 4 is 11.6 Å². The second kappa shape index (κ2) is 5.28. The van der Waals surface area contributed by atoms with Gasteiger partial charge in [0, 0.05) is 11.8 Å². The molecule has 0 bridgehead atoms. The van der Waals surface area contributed by atoms with Crippen LogP contribution >= 0.6 is 0 Å². The van der Waals surface area contributed by atoms with Gasteiger partial charge < -0.3 is 20.1 Å². The van der Waals surface area contributed by atoms with Gasteiger partial charge in [0.05, 0.1) is 6.04 Å². The Labute approximate surface area is 134 Å². The number of hydrogen-bond donors (Lipinski definition) is 1. The van der Waals surface area contributed by atoms with Crippen LogP contribution in [-0.4, -0.2) is 25.2 Å². The minimum atomic E-state index is -0.508. The van der Waals surface area contributed by atoms with Gasteiger partial charge in [-0.25, -0.2) is 0 Å². The topological polar surface area (TPSA) is 64.8 Å². The number of fused-ring (bicyclic) bond motifs is 1. The van der Waals surface area contributed by atoms with E-state index in [4.69, 9.17) is 15.2 Å². The van der Waals surface area contributed by atoms with Crippen molar-refractivity contribution in [2.45, 2.75) is 19.0 Å². The molecular weight excluding hydrogens is 292 g/mol. The molecule has 2 aliphatic heterocycles. The molecule has 2 heterocycles. The van der Waals surface area contributed by atoms with Crippen LogP contribution in [0.1, 0.15) is 17.2 Å². The number of nitrogens with zero attached hydrogens (tertiary/aromatic N) is 1. The van der Waals surface area contributed by atoms with Crippen LogP contribution in [0.5, 0.6) is 11.5 Å². The standard InChI is InChI=1S/C18H18N2O3/c1-11-2-4-12(5-3-11)17-16(19)18(21)20(17)13-6-7-14-15(10-13)23-9-8-22-14/h2-7,10,16-17H,8-9,19H2,1H3/t16-,17-/m1/s1. The lowest BCUT2D eigenvalue weighted by molar-refractivity contribution is -0.126. The first-order valence-corrected chi connectivity index (χ1v) is 7.70. The highest BCUT2D eigenvalue weighted by Gasteiger charge is 2.46. The van der Waals surface area contributed by atoms with Crippen LogP contribution in [0.2, 0.25) is 0 Å². The van der Waals surface area contributed by atoms with Gasteiger partial charge in [0.2, 0.25) is 5.91 Å². The second-order valence-corrected chi connectivity index (χ2v) is 5.92. The minimum absolute atomic E-state index is 0.0766. The number of rotatable bonds is 2. The Balaban J connectivity index is 1.69. The zero-order valence-corrected chi connectivity index (χ0v) is 12.9. The third-order valence-electron chi connectivity index (χ3n) is 4.36. The molecule has 1 fully saturated rings. The molecule has 1 saturated heterocycles. The summed E-state index contributed by atoms with van der Waals surface area (Å²) in [6, 6.07) is 13.0. The number of benzene rings is 2. The SMILES string of the molecule is Cc1ccc([C@@H]2[C@@H](N)C(=O)N2c2ccc3c(c2)OCCO3)cc1. The summed E-state index contributed by atoms with van der Waals surface area (Å²) >= 11 is 0. The molecule has 0 aliphatic carbocycles. The molecular formula is C18H18N2O3. The van der Waals surface area contributed by atoms with Crippen molar-refractivity contribution in [2.24, 2.45) is 5.73 Å². The van der Waals surface area contributed by atoms with Crippen LogP contribution in [0.4, 0.5) is 5.69 Å². The van der Waals surface area contributed by atoms with Gasteiger partial charge in [-0.15, -0.1) is 0 Å². The third kappa shape index (κ3) is 2.24. The smallest absolute Gasteiger partial charge is 0.247 e. The molecule has 1 amide bonds. The van der Waals surface area contributed by atoms with Crippen molar-refractivity contribution in [1.29, 1.82) is 0 Å². The molecule has 4 rings (SSSR count). The lowest BCUT2D eigenvalue weighted by Crippen LogP contribution is -2.63. The van der Waals surface area contributed by atoms with Crippen molar-refractivity contribution in [1.82, 2.24) is 0 Å². The van der Waals surface area contributed by atoms with E-state index in [-0.39, 0.29) is 11.9 Å². The number of aryl methyl sites for hydroxylation is 1. The monoisotopic (exact) mass is 310 g/mol. The molecule has 2 aliphatic rings. The first-order valence-electron chi connectivity index (χ1n) is 7.70. The average molecular weight is 310 g/mol. The summed E-state index contributed by atoms with van der Waals surface area (Å²) in [5.74, 6) is 1.31. The largest absolute Gasteiger partial charge is 0.486 e. The Morgan fingerprint density at radius 3 is 2.48 bits per heavy atom. The van der Waals surface area contributed by atoms with Gasteiger partial charge in [-0.1, -0.05) is 29.8 Å². The summed E-state index contributed by atoms with van der Waals surface area (Å²) in [6.45, 7) is 3.10. The molecule has 23 heavy (non-hydrogen) atoms. The fourth-order valence-electron chi connectivity index (χ4n) is 3.10. The Hall–Kier alpha value is -2.53. The molecule has 2 atom stereocenters. The Morgan fingerprint density at radius 1 is 1.04 bits per heavy atom. The molecule has 0 aromatic heterocycles. The number of anilines is 1. The van der Waals surface area contributed by atoms with E-state index in [1.807, 2.05) is 49.4 Å². The number of hydrogen-bond acceptors (Lipinski definition) is 4. The predicted molar refractivity (Wildman–Crippen MR) is 86.8 cm³/mol. The summed E-state index contributed by atoms with van der Waals surface area (Å²) in [7, 11) is 0. The van der Waals surface area contributed by atoms with E-state index in [0.29, 0.717) is 24.7 Å². The van der Waals surface area contributed by atoms with Crippen molar-refractivity contribution in [3.05, 3.63) is 53.6 Å². The summed E-state index contributed by atoms with van der Waals surface area (Å²) in [4.78, 5) is 14.0. The zero-order valence-electron chi connectivity index (χ0n) is 12.9. The first kappa shape index (κ1) is 14.1. The highest BCUT2D eigenvalue weighted by atomic mass is 16.6. The minimum Gasteiger partial charge on any atom is -0.486 e. The number of amides is 1. The summed E-state index contributed by atoms with van der Waals surface area (Å²) in [5, 5.41) is 0. The molecule has 118 valence electrons. The maximum atomic E-state index is 12.3. The van der Waals surface area contributed by atoms with Crippen molar-refractivity contribution in [3.63, 3.8) is 0 Å². The maximum absolute atomic E-state index is 12.3. The molecule has 0 saturated carbocycles. The Kier molecular flexibility index (Phi) is 3.23. The molecule has 2 aromatic carbocycles. The van der Waals surface area contributed by atoms with Crippen LogP contribution < -0.4 is 20.1 Å². The van der Waals surface area contributed by atoms with Crippen LogP contribution in [0.25, 0.3) is 0 Å². The van der Waals surface area contributed by atoms with Crippen LogP contribution in [0.3, 0.4) is 0 Å². The normalized spacial score (nSPS) is 22.7. The van der Waals surface area contributed by atoms with Crippen LogP contribution in [-0.2, 0) is 4.79 Å². The second-order valence-electron chi connectivity index (χ2n) is 5.92. The highest BCUT2D eigenvalue weighted by Crippen LogP contribution is 2.42. The van der Waals surface area contributed by atoms with Gasteiger partial charge in [-0.3, -0.25) is 4.79 Å². The number of β-lactam (4-membered cyclic amide) rings is 1. The van der Waals surface area contributed by atoms with Gasteiger partial charge in [-0.2, -0.15) is 0 Å². The molecule has 5 heteroatoms. The summed E-state index contributed by atoms with van der Waals surface area (Å²) in [5.41, 5.74) is 9.06. The van der Waals surface area contributed by atoms with Crippen LogP contribution in [0.15, 0.2) is 42.5 Å². The maximum Gasteiger partial charge on any atom is 0.247 e. The van der Waals surface area contributed by atoms with Gasteiger partial charge in [0.25, 0.3) is 0 Å². The molecule has 2 N–H and O–H groups in total. The third-order valence-corrected chi connectivity index (χ3v) is 4.36. The fourth-order valence-corrected chi connectivity index (χ4v) is 3.10. The molecule has 0 spiro atoms. The van der Waals surface area contributed by atoms with Gasteiger partial charge in [-0.05, 0) is 24.6 Å². The van der Waals surface area contributed by atoms with Crippen molar-refractivity contribution in [2.75, 3.05) is 18.1 Å². The Bertz CT molecular complexity index is 757. The lowest BCUT2D eigenvalue weighted by Gasteiger charge is -2.45. The first-order chi connectivity index (χ1) is 11.1. The highest BCUT2D eigenvalue weighted by molar-refractivity contribution is 6.05. The van der Waals surface area contributed by atoms with E-state index < -0.39 is 6.04 Å². The molecule has 5 nitrogen and oxygen atoms in total. The molecule has 0 unspecified atom stereocenters. The van der Waals surface area contributed by atoms with Crippen molar-refractivity contribution in [3.8, 4) is 11.5 Å². The van der Waals surface area contributed by atoms with Gasteiger partial charge in [0.15, 0.2) is 11.5 Å².